The molecule has 1 N–H and O–H groups in total. The summed E-state index contributed by atoms with van der Waals surface area (Å²) >= 11 is 1.33. The van der Waals surface area contributed by atoms with Gasteiger partial charge in [0.05, 0.1) is 12.6 Å². The molecule has 0 aliphatic heterocycles. The molecule has 154 valence electrons. The highest BCUT2D eigenvalue weighted by molar-refractivity contribution is 7.25. The van der Waals surface area contributed by atoms with E-state index in [4.69, 9.17) is 4.74 Å². The minimum atomic E-state index is -0.254. The zero-order chi connectivity index (χ0) is 21.4. The van der Waals surface area contributed by atoms with Gasteiger partial charge in [-0.3, -0.25) is 14.2 Å². The van der Waals surface area contributed by atoms with E-state index in [9.17, 15) is 9.59 Å². The molecule has 3 heterocycles. The summed E-state index contributed by atoms with van der Waals surface area (Å²) in [4.78, 5) is 35.6. The van der Waals surface area contributed by atoms with Crippen molar-refractivity contribution in [2.45, 2.75) is 33.9 Å². The Bertz CT molecular complexity index is 1340. The SMILES string of the molecule is COc1cccc(CNC(=O)Cn2c(C)nc3c(sc4nc(C)cc(C)c43)c2=O)c1. The number of hydrogen-bond acceptors (Lipinski definition) is 6. The van der Waals surface area contributed by atoms with Crippen molar-refractivity contribution in [3.05, 3.63) is 63.3 Å². The standard InChI is InChI=1S/C22H22N4O3S/c1-12-8-13(2)24-21-18(12)19-20(30-21)22(28)26(14(3)25-19)11-17(27)23-10-15-6-5-7-16(9-15)29-4/h5-9H,10-11H2,1-4H3,(H,23,27). The molecule has 0 aliphatic rings. The predicted molar refractivity (Wildman–Crippen MR) is 118 cm³/mol. The van der Waals surface area contributed by atoms with Gasteiger partial charge in [-0.25, -0.2) is 9.97 Å². The van der Waals surface area contributed by atoms with Crippen LogP contribution in [-0.2, 0) is 17.9 Å². The quantitative estimate of drug-likeness (QED) is 0.534. The van der Waals surface area contributed by atoms with E-state index in [1.807, 2.05) is 44.2 Å². The molecule has 30 heavy (non-hydrogen) atoms. The molecular formula is C22H22N4O3S. The van der Waals surface area contributed by atoms with Crippen molar-refractivity contribution < 1.29 is 9.53 Å². The third kappa shape index (κ3) is 3.66. The number of methoxy groups -OCH3 is 1. The molecule has 0 aliphatic carbocycles. The molecule has 4 rings (SSSR count). The van der Waals surface area contributed by atoms with Crippen molar-refractivity contribution in [2.75, 3.05) is 7.11 Å². The summed E-state index contributed by atoms with van der Waals surface area (Å²) in [7, 11) is 1.60. The second-order valence-corrected chi connectivity index (χ2v) is 8.22. The number of rotatable bonds is 5. The first-order valence-electron chi connectivity index (χ1n) is 9.55. The van der Waals surface area contributed by atoms with Crippen LogP contribution in [0.4, 0.5) is 0 Å². The fourth-order valence-electron chi connectivity index (χ4n) is 3.54. The number of nitrogens with one attached hydrogen (secondary N) is 1. The molecule has 0 saturated heterocycles. The normalized spacial score (nSPS) is 11.2. The third-order valence-corrected chi connectivity index (χ3v) is 6.05. The minimum absolute atomic E-state index is 0.0861. The van der Waals surface area contributed by atoms with Crippen molar-refractivity contribution in [3.63, 3.8) is 0 Å². The molecule has 0 saturated carbocycles. The Morgan fingerprint density at radius 2 is 2.00 bits per heavy atom. The third-order valence-electron chi connectivity index (χ3n) is 4.99. The van der Waals surface area contributed by atoms with E-state index in [0.717, 1.165) is 32.8 Å². The lowest BCUT2D eigenvalue weighted by Gasteiger charge is -2.11. The minimum Gasteiger partial charge on any atom is -0.497 e. The maximum atomic E-state index is 13.1. The van der Waals surface area contributed by atoms with Gasteiger partial charge >= 0.3 is 0 Å². The zero-order valence-electron chi connectivity index (χ0n) is 17.3. The van der Waals surface area contributed by atoms with Crippen LogP contribution < -0.4 is 15.6 Å². The molecule has 0 atom stereocenters. The highest BCUT2D eigenvalue weighted by Crippen LogP contribution is 2.32. The van der Waals surface area contributed by atoms with Gasteiger partial charge in [0.25, 0.3) is 5.56 Å². The zero-order valence-corrected chi connectivity index (χ0v) is 18.1. The van der Waals surface area contributed by atoms with Gasteiger partial charge < -0.3 is 10.1 Å². The number of nitrogens with zero attached hydrogens (tertiary/aromatic N) is 3. The predicted octanol–water partition coefficient (Wildman–Crippen LogP) is 3.26. The van der Waals surface area contributed by atoms with Crippen LogP contribution in [0.2, 0.25) is 0 Å². The fraction of sp³-hybridized carbons (Fsp3) is 0.273. The van der Waals surface area contributed by atoms with Crippen LogP contribution in [-0.4, -0.2) is 27.6 Å². The van der Waals surface area contributed by atoms with E-state index in [0.29, 0.717) is 22.6 Å². The Morgan fingerprint density at radius 1 is 1.20 bits per heavy atom. The summed E-state index contributed by atoms with van der Waals surface area (Å²) < 4.78 is 7.14. The number of aromatic nitrogens is 3. The highest BCUT2D eigenvalue weighted by Gasteiger charge is 2.18. The van der Waals surface area contributed by atoms with Gasteiger partial charge in [0.2, 0.25) is 5.91 Å². The number of fused-ring (bicyclic) bond motifs is 3. The van der Waals surface area contributed by atoms with E-state index in [-0.39, 0.29) is 18.0 Å². The van der Waals surface area contributed by atoms with Crippen LogP contribution >= 0.6 is 11.3 Å². The van der Waals surface area contributed by atoms with Crippen molar-refractivity contribution >= 4 is 37.7 Å². The number of aryl methyl sites for hydroxylation is 3. The Balaban J connectivity index is 1.62. The molecule has 3 aromatic heterocycles. The molecule has 8 heteroatoms. The number of ether oxygens (including phenoxy) is 1. The lowest BCUT2D eigenvalue weighted by molar-refractivity contribution is -0.121. The highest BCUT2D eigenvalue weighted by atomic mass is 32.1. The Hall–Kier alpha value is -3.26. The summed E-state index contributed by atoms with van der Waals surface area (Å²) in [5.74, 6) is 0.978. The second-order valence-electron chi connectivity index (χ2n) is 7.22. The van der Waals surface area contributed by atoms with Crippen molar-refractivity contribution in [2.24, 2.45) is 0 Å². The van der Waals surface area contributed by atoms with Crippen molar-refractivity contribution in [1.82, 2.24) is 19.9 Å². The topological polar surface area (TPSA) is 86.1 Å². The number of hydrogen-bond donors (Lipinski definition) is 1. The first-order valence-corrected chi connectivity index (χ1v) is 10.4. The summed E-state index contributed by atoms with van der Waals surface area (Å²) in [5, 5.41) is 3.77. The van der Waals surface area contributed by atoms with Gasteiger partial charge in [-0.15, -0.1) is 11.3 Å². The van der Waals surface area contributed by atoms with Crippen LogP contribution in [0.3, 0.4) is 0 Å². The smallest absolute Gasteiger partial charge is 0.272 e. The Kier molecular flexibility index (Phi) is 5.26. The molecule has 4 aromatic rings. The van der Waals surface area contributed by atoms with Crippen molar-refractivity contribution in [3.8, 4) is 5.75 Å². The van der Waals surface area contributed by atoms with E-state index in [1.54, 1.807) is 14.0 Å². The number of benzene rings is 1. The van der Waals surface area contributed by atoms with Crippen molar-refractivity contribution in [1.29, 1.82) is 0 Å². The average Bonchev–Trinajstić information content (AvgIpc) is 3.08. The van der Waals surface area contributed by atoms with Gasteiger partial charge in [0, 0.05) is 17.6 Å². The Morgan fingerprint density at radius 3 is 2.77 bits per heavy atom. The van der Waals surface area contributed by atoms with Crippen LogP contribution in [0, 0.1) is 20.8 Å². The molecule has 7 nitrogen and oxygen atoms in total. The first-order chi connectivity index (χ1) is 14.4. The van der Waals surface area contributed by atoms with Gasteiger partial charge in [0.1, 0.15) is 27.6 Å². The molecule has 0 unspecified atom stereocenters. The average molecular weight is 423 g/mol. The van der Waals surface area contributed by atoms with E-state index >= 15 is 0 Å². The molecular weight excluding hydrogens is 400 g/mol. The van der Waals surface area contributed by atoms with E-state index in [1.165, 1.54) is 15.9 Å². The number of pyridine rings is 1. The molecule has 0 radical (unpaired) electrons. The first kappa shape index (κ1) is 20.0. The van der Waals surface area contributed by atoms with Crippen LogP contribution in [0.15, 0.2) is 35.1 Å². The number of amides is 1. The van der Waals surface area contributed by atoms with Crippen LogP contribution in [0.5, 0.6) is 5.75 Å². The summed E-state index contributed by atoms with van der Waals surface area (Å²) in [6, 6.07) is 9.47. The summed E-state index contributed by atoms with van der Waals surface area (Å²) in [6.07, 6.45) is 0. The molecule has 0 bridgehead atoms. The number of thiophene rings is 1. The fourth-order valence-corrected chi connectivity index (χ4v) is 4.72. The molecule has 0 fully saturated rings. The van der Waals surface area contributed by atoms with Gasteiger partial charge in [0.15, 0.2) is 0 Å². The van der Waals surface area contributed by atoms with E-state index < -0.39 is 0 Å². The lowest BCUT2D eigenvalue weighted by Crippen LogP contribution is -2.33. The van der Waals surface area contributed by atoms with E-state index in [2.05, 4.69) is 15.3 Å². The van der Waals surface area contributed by atoms with Gasteiger partial charge in [-0.2, -0.15) is 0 Å². The van der Waals surface area contributed by atoms with Crippen LogP contribution in [0.25, 0.3) is 20.4 Å². The molecule has 1 amide bonds. The number of carbonyl (C=O) groups is 1. The Labute approximate surface area is 177 Å². The van der Waals surface area contributed by atoms with Gasteiger partial charge in [-0.05, 0) is 50.1 Å². The second kappa shape index (κ2) is 7.87. The molecule has 0 spiro atoms. The summed E-state index contributed by atoms with van der Waals surface area (Å²) in [6.45, 7) is 5.94. The van der Waals surface area contributed by atoms with Gasteiger partial charge in [-0.1, -0.05) is 12.1 Å². The molecule has 1 aromatic carbocycles. The maximum absolute atomic E-state index is 13.1. The lowest BCUT2D eigenvalue weighted by atomic mass is 10.1. The monoisotopic (exact) mass is 422 g/mol. The maximum Gasteiger partial charge on any atom is 0.272 e. The van der Waals surface area contributed by atoms with Crippen LogP contribution in [0.1, 0.15) is 22.6 Å². The largest absolute Gasteiger partial charge is 0.497 e. The number of carbonyl (C=O) groups excluding carboxylic acids is 1. The summed E-state index contributed by atoms with van der Waals surface area (Å²) in [5.41, 5.74) is 3.32.